The number of phosphoric ester groups is 2. The maximum absolute atomic E-state index is 13.1. The number of rotatable bonds is 84. The van der Waals surface area contributed by atoms with Crippen LogP contribution in [0.15, 0.2) is 0 Å². The Morgan fingerprint density at radius 2 is 0.490 bits per heavy atom. The van der Waals surface area contributed by atoms with Crippen molar-refractivity contribution in [1.29, 1.82) is 0 Å². The number of hydrogen-bond donors (Lipinski definition) is 3. The van der Waals surface area contributed by atoms with Crippen LogP contribution in [0, 0.1) is 11.8 Å². The van der Waals surface area contributed by atoms with Gasteiger partial charge in [-0.2, -0.15) is 0 Å². The van der Waals surface area contributed by atoms with Crippen LogP contribution in [0.3, 0.4) is 0 Å². The van der Waals surface area contributed by atoms with E-state index >= 15 is 0 Å². The van der Waals surface area contributed by atoms with Crippen molar-refractivity contribution in [1.82, 2.24) is 0 Å². The number of esters is 4. The average Bonchev–Trinajstić information content (AvgIpc) is 0.910. The predicted molar refractivity (Wildman–Crippen MR) is 428 cm³/mol. The third-order valence-electron chi connectivity index (χ3n) is 20.3. The molecule has 0 fully saturated rings. The molecule has 0 bridgehead atoms. The van der Waals surface area contributed by atoms with E-state index in [0.29, 0.717) is 31.6 Å². The Kier molecular flexibility index (Phi) is 75.0. The summed E-state index contributed by atoms with van der Waals surface area (Å²) in [6.45, 7) is 9.64. The highest BCUT2D eigenvalue weighted by Crippen LogP contribution is 2.45. The minimum atomic E-state index is -4.96. The molecule has 17 nitrogen and oxygen atoms in total. The first-order valence-corrected chi connectivity index (χ1v) is 47.0. The minimum absolute atomic E-state index is 0.107. The summed E-state index contributed by atoms with van der Waals surface area (Å²) in [6.07, 6.45) is 68.2. The molecule has 0 spiro atoms. The predicted octanol–water partition coefficient (Wildman–Crippen LogP) is 25.8. The summed E-state index contributed by atoms with van der Waals surface area (Å²) in [5.41, 5.74) is 0. The van der Waals surface area contributed by atoms with Gasteiger partial charge in [-0.05, 0) is 37.5 Å². The Hall–Kier alpha value is -1.94. The summed E-state index contributed by atoms with van der Waals surface area (Å²) >= 11 is 0. The van der Waals surface area contributed by atoms with Crippen molar-refractivity contribution < 1.29 is 80.2 Å². The first-order chi connectivity index (χ1) is 50.4. The highest BCUT2D eigenvalue weighted by Gasteiger charge is 2.30. The van der Waals surface area contributed by atoms with Gasteiger partial charge < -0.3 is 33.8 Å². The van der Waals surface area contributed by atoms with Crippen LogP contribution in [0.1, 0.15) is 452 Å². The van der Waals surface area contributed by atoms with Crippen molar-refractivity contribution in [3.8, 4) is 0 Å². The molecular formula is C85H166O17P2. The highest BCUT2D eigenvalue weighted by atomic mass is 31.2. The summed E-state index contributed by atoms with van der Waals surface area (Å²) in [6, 6.07) is 0. The van der Waals surface area contributed by atoms with E-state index in [9.17, 15) is 43.2 Å². The van der Waals surface area contributed by atoms with Crippen LogP contribution in [0.25, 0.3) is 0 Å². The van der Waals surface area contributed by atoms with Crippen LogP contribution in [-0.4, -0.2) is 96.7 Å². The molecule has 0 aromatic heterocycles. The second-order valence-electron chi connectivity index (χ2n) is 31.3. The standard InChI is InChI=1S/C85H166O17P2/c1-7-10-12-14-16-18-20-22-24-26-27-28-29-30-32-38-42-46-50-58-64-69-84(89)101-80(73-95-82(87)67-61-55-48-44-40-36-34-33-35-39-43-47-54-60-66-78(6)9-3)75-99-103(91,92)97-71-79(86)72-98-104(93,94)100-76-81(74-96-83(88)68-62-56-52-51-53-59-65-77(4)5)102-85(90)70-63-57-49-45-41-37-31-25-23-21-19-17-15-13-11-8-2/h77-81,86H,7-76H2,1-6H3,(H,91,92)(H,93,94)/t78?,79-,80-,81-/m1/s1. The van der Waals surface area contributed by atoms with Crippen LogP contribution >= 0.6 is 15.6 Å². The Bertz CT molecular complexity index is 2000. The fourth-order valence-electron chi connectivity index (χ4n) is 13.2. The number of aliphatic hydroxyl groups excluding tert-OH is 1. The van der Waals surface area contributed by atoms with Crippen molar-refractivity contribution in [2.24, 2.45) is 11.8 Å². The normalized spacial score (nSPS) is 14.1. The van der Waals surface area contributed by atoms with E-state index in [1.165, 1.54) is 263 Å². The molecule has 0 heterocycles. The zero-order valence-electron chi connectivity index (χ0n) is 68.3. The third-order valence-corrected chi connectivity index (χ3v) is 22.2. The van der Waals surface area contributed by atoms with Gasteiger partial charge in [0.15, 0.2) is 12.2 Å². The van der Waals surface area contributed by atoms with E-state index < -0.39 is 97.5 Å². The van der Waals surface area contributed by atoms with Gasteiger partial charge >= 0.3 is 39.5 Å². The second kappa shape index (κ2) is 76.4. The minimum Gasteiger partial charge on any atom is -0.462 e. The lowest BCUT2D eigenvalue weighted by molar-refractivity contribution is -0.161. The molecule has 3 N–H and O–H groups in total. The second-order valence-corrected chi connectivity index (χ2v) is 34.2. The molecule has 0 aromatic carbocycles. The molecule has 0 saturated carbocycles. The quantitative estimate of drug-likeness (QED) is 0.0222. The van der Waals surface area contributed by atoms with Crippen LogP contribution in [0.2, 0.25) is 0 Å². The van der Waals surface area contributed by atoms with Gasteiger partial charge in [-0.15, -0.1) is 0 Å². The Morgan fingerprint density at radius 1 is 0.279 bits per heavy atom. The van der Waals surface area contributed by atoms with Gasteiger partial charge in [0.2, 0.25) is 0 Å². The molecule has 0 aliphatic heterocycles. The third kappa shape index (κ3) is 76.8. The van der Waals surface area contributed by atoms with Crippen molar-refractivity contribution in [3.63, 3.8) is 0 Å². The van der Waals surface area contributed by atoms with Gasteiger partial charge in [-0.3, -0.25) is 37.3 Å². The molecule has 3 unspecified atom stereocenters. The van der Waals surface area contributed by atoms with Gasteiger partial charge in [0, 0.05) is 25.7 Å². The molecule has 0 amide bonds. The Morgan fingerprint density at radius 3 is 0.731 bits per heavy atom. The number of aliphatic hydroxyl groups is 1. The van der Waals surface area contributed by atoms with E-state index in [1.807, 2.05) is 0 Å². The number of hydrogen-bond acceptors (Lipinski definition) is 15. The highest BCUT2D eigenvalue weighted by molar-refractivity contribution is 7.47. The first-order valence-electron chi connectivity index (χ1n) is 44.0. The van der Waals surface area contributed by atoms with Gasteiger partial charge in [0.1, 0.15) is 19.3 Å². The smallest absolute Gasteiger partial charge is 0.462 e. The summed E-state index contributed by atoms with van der Waals surface area (Å²) in [4.78, 5) is 73.1. The largest absolute Gasteiger partial charge is 0.472 e. The summed E-state index contributed by atoms with van der Waals surface area (Å²) in [5, 5.41) is 10.7. The number of carbonyl (C=O) groups is 4. The van der Waals surface area contributed by atoms with Crippen molar-refractivity contribution in [3.05, 3.63) is 0 Å². The molecule has 19 heteroatoms. The molecule has 0 rings (SSSR count). The van der Waals surface area contributed by atoms with E-state index in [0.717, 1.165) is 102 Å². The van der Waals surface area contributed by atoms with Crippen LogP contribution in [0.5, 0.6) is 0 Å². The maximum atomic E-state index is 13.1. The molecule has 0 radical (unpaired) electrons. The number of carbonyl (C=O) groups excluding carboxylic acids is 4. The van der Waals surface area contributed by atoms with Gasteiger partial charge in [0.25, 0.3) is 0 Å². The molecule has 6 atom stereocenters. The Balaban J connectivity index is 5.21. The molecule has 0 saturated heterocycles. The average molecular weight is 1520 g/mol. The lowest BCUT2D eigenvalue weighted by Crippen LogP contribution is -2.30. The topological polar surface area (TPSA) is 237 Å². The number of ether oxygens (including phenoxy) is 4. The van der Waals surface area contributed by atoms with Crippen molar-refractivity contribution in [2.45, 2.75) is 471 Å². The maximum Gasteiger partial charge on any atom is 0.472 e. The molecule has 618 valence electrons. The summed E-state index contributed by atoms with van der Waals surface area (Å²) < 4.78 is 68.8. The lowest BCUT2D eigenvalue weighted by Gasteiger charge is -2.21. The molecule has 0 aliphatic rings. The van der Waals surface area contributed by atoms with Crippen molar-refractivity contribution in [2.75, 3.05) is 39.6 Å². The van der Waals surface area contributed by atoms with Crippen LogP contribution in [-0.2, 0) is 65.4 Å². The number of unbranched alkanes of at least 4 members (excludes halogenated alkanes) is 53. The van der Waals surface area contributed by atoms with Crippen LogP contribution < -0.4 is 0 Å². The van der Waals surface area contributed by atoms with Gasteiger partial charge in [-0.25, -0.2) is 9.13 Å². The lowest BCUT2D eigenvalue weighted by atomic mass is 9.99. The summed E-state index contributed by atoms with van der Waals surface area (Å²) in [5.74, 6) is -0.576. The van der Waals surface area contributed by atoms with Gasteiger partial charge in [-0.1, -0.05) is 401 Å². The summed E-state index contributed by atoms with van der Waals surface area (Å²) in [7, 11) is -9.92. The number of phosphoric acid groups is 2. The molecular weight excluding hydrogens is 1350 g/mol. The fraction of sp³-hybridized carbons (Fsp3) is 0.953. The van der Waals surface area contributed by atoms with E-state index in [4.69, 9.17) is 37.0 Å². The Labute approximate surface area is 638 Å². The molecule has 0 aliphatic carbocycles. The SMILES string of the molecule is CCCCCCCCCCCCCCCCCCCCCCCC(=O)O[C@H](COC(=O)CCCCCCCCCCCCCCCCC(C)CC)COP(=O)(O)OC[C@@H](O)COP(=O)(O)OC[C@@H](COC(=O)CCCCCCCCC(C)C)OC(=O)CCCCCCCCCCCCCCCCCC. The first kappa shape index (κ1) is 102. The van der Waals surface area contributed by atoms with Crippen molar-refractivity contribution >= 4 is 39.5 Å². The molecule has 0 aromatic rings. The van der Waals surface area contributed by atoms with E-state index in [-0.39, 0.29) is 25.7 Å². The fourth-order valence-corrected chi connectivity index (χ4v) is 14.8. The zero-order chi connectivity index (χ0) is 76.4. The molecule has 104 heavy (non-hydrogen) atoms. The van der Waals surface area contributed by atoms with E-state index in [2.05, 4.69) is 41.5 Å². The monoisotopic (exact) mass is 1520 g/mol. The van der Waals surface area contributed by atoms with Gasteiger partial charge in [0.05, 0.1) is 26.4 Å². The van der Waals surface area contributed by atoms with E-state index in [1.54, 1.807) is 0 Å². The zero-order valence-corrected chi connectivity index (χ0v) is 70.1. The van der Waals surface area contributed by atoms with Crippen LogP contribution in [0.4, 0.5) is 0 Å².